The molecule has 0 radical (unpaired) electrons. The maximum Gasteiger partial charge on any atom is 0.0285 e. The number of hydrogen-bond acceptors (Lipinski definition) is 0. The van der Waals surface area contributed by atoms with Gasteiger partial charge in [0.15, 0.2) is 0 Å². The molecule has 0 fully saturated rings. The Morgan fingerprint density at radius 1 is 0.560 bits per heavy atom. The lowest BCUT2D eigenvalue weighted by Crippen LogP contribution is -2.04. The molecule has 0 nitrogen and oxygen atoms in total. The average molecular weight is 318 g/mol. The van der Waals surface area contributed by atoms with Gasteiger partial charge in [0, 0.05) is 5.92 Å². The second-order valence-electron chi connectivity index (χ2n) is 6.58. The Balaban J connectivity index is 1.75. The standard InChI is InChI=1S/C25H18/c1-2-8-18(9-3-1)21-13-4-5-14-22(21)23-17-16-20-11-6-10-19-12-7-15-24(23)25(19)20/h1-17,23H. The molecule has 0 heteroatoms. The van der Waals surface area contributed by atoms with Gasteiger partial charge in [0.25, 0.3) is 0 Å². The highest BCUT2D eigenvalue weighted by atomic mass is 14.2. The lowest BCUT2D eigenvalue weighted by Gasteiger charge is -2.24. The van der Waals surface area contributed by atoms with Gasteiger partial charge in [-0.2, -0.15) is 0 Å². The van der Waals surface area contributed by atoms with Crippen molar-refractivity contribution in [3.63, 3.8) is 0 Å². The van der Waals surface area contributed by atoms with Crippen LogP contribution in [0, 0.1) is 0 Å². The van der Waals surface area contributed by atoms with Crippen LogP contribution in [0.5, 0.6) is 0 Å². The third-order valence-electron chi connectivity index (χ3n) is 5.15. The van der Waals surface area contributed by atoms with Gasteiger partial charge in [0.05, 0.1) is 0 Å². The zero-order chi connectivity index (χ0) is 16.6. The molecular weight excluding hydrogens is 300 g/mol. The van der Waals surface area contributed by atoms with Crippen molar-refractivity contribution in [1.29, 1.82) is 0 Å². The van der Waals surface area contributed by atoms with E-state index in [-0.39, 0.29) is 5.92 Å². The van der Waals surface area contributed by atoms with Crippen molar-refractivity contribution in [1.82, 2.24) is 0 Å². The van der Waals surface area contributed by atoms with Crippen molar-refractivity contribution in [3.05, 3.63) is 114 Å². The van der Waals surface area contributed by atoms with E-state index in [1.165, 1.54) is 38.6 Å². The molecule has 4 aromatic rings. The number of hydrogen-bond donors (Lipinski definition) is 0. The predicted octanol–water partition coefficient (Wildman–Crippen LogP) is 6.67. The third-order valence-corrected chi connectivity index (χ3v) is 5.15. The Bertz CT molecular complexity index is 1080. The van der Waals surface area contributed by atoms with E-state index in [9.17, 15) is 0 Å². The molecule has 0 N–H and O–H groups in total. The van der Waals surface area contributed by atoms with E-state index >= 15 is 0 Å². The summed E-state index contributed by atoms with van der Waals surface area (Å²) in [5.74, 6) is 0.287. The summed E-state index contributed by atoms with van der Waals surface area (Å²) in [4.78, 5) is 0. The average Bonchev–Trinajstić information content (AvgIpc) is 2.70. The van der Waals surface area contributed by atoms with E-state index in [1.54, 1.807) is 0 Å². The molecule has 1 unspecified atom stereocenters. The van der Waals surface area contributed by atoms with Crippen molar-refractivity contribution >= 4 is 16.8 Å². The molecule has 1 aliphatic carbocycles. The van der Waals surface area contributed by atoms with Gasteiger partial charge in [-0.05, 0) is 38.6 Å². The van der Waals surface area contributed by atoms with Crippen LogP contribution in [-0.2, 0) is 0 Å². The van der Waals surface area contributed by atoms with Crippen LogP contribution in [0.1, 0.15) is 22.6 Å². The molecule has 0 heterocycles. The van der Waals surface area contributed by atoms with Crippen LogP contribution in [0.4, 0.5) is 0 Å². The van der Waals surface area contributed by atoms with Crippen LogP contribution in [-0.4, -0.2) is 0 Å². The summed E-state index contributed by atoms with van der Waals surface area (Å²) < 4.78 is 0. The van der Waals surface area contributed by atoms with E-state index in [0.29, 0.717) is 0 Å². The summed E-state index contributed by atoms with van der Waals surface area (Å²) in [7, 11) is 0. The summed E-state index contributed by atoms with van der Waals surface area (Å²) in [6.07, 6.45) is 4.63. The highest BCUT2D eigenvalue weighted by Gasteiger charge is 2.21. The second kappa shape index (κ2) is 5.75. The minimum Gasteiger partial charge on any atom is -0.0720 e. The Morgan fingerprint density at radius 3 is 2.16 bits per heavy atom. The molecule has 25 heavy (non-hydrogen) atoms. The molecule has 0 aromatic heterocycles. The van der Waals surface area contributed by atoms with Gasteiger partial charge >= 0.3 is 0 Å². The van der Waals surface area contributed by atoms with Crippen LogP contribution in [0.25, 0.3) is 28.0 Å². The molecule has 0 saturated heterocycles. The first kappa shape index (κ1) is 14.2. The Kier molecular flexibility index (Phi) is 3.28. The first-order chi connectivity index (χ1) is 12.4. The molecule has 1 aliphatic rings. The molecule has 0 saturated carbocycles. The lowest BCUT2D eigenvalue weighted by molar-refractivity contribution is 1.04. The van der Waals surface area contributed by atoms with Crippen molar-refractivity contribution in [2.75, 3.05) is 0 Å². The van der Waals surface area contributed by atoms with E-state index in [2.05, 4.69) is 103 Å². The molecular formula is C25H18. The van der Waals surface area contributed by atoms with Gasteiger partial charge in [-0.1, -0.05) is 103 Å². The molecule has 4 aromatic carbocycles. The molecule has 0 aliphatic heterocycles. The Morgan fingerprint density at radius 2 is 1.28 bits per heavy atom. The summed E-state index contributed by atoms with van der Waals surface area (Å²) in [5.41, 5.74) is 6.68. The summed E-state index contributed by atoms with van der Waals surface area (Å²) in [5, 5.41) is 2.71. The zero-order valence-electron chi connectivity index (χ0n) is 13.9. The van der Waals surface area contributed by atoms with Crippen LogP contribution in [0.15, 0.2) is 97.1 Å². The second-order valence-corrected chi connectivity index (χ2v) is 6.58. The van der Waals surface area contributed by atoms with Crippen molar-refractivity contribution < 1.29 is 0 Å². The smallest absolute Gasteiger partial charge is 0.0285 e. The fourth-order valence-corrected chi connectivity index (χ4v) is 4.02. The molecule has 0 amide bonds. The molecule has 0 spiro atoms. The van der Waals surface area contributed by atoms with Crippen LogP contribution in [0.2, 0.25) is 0 Å². The van der Waals surface area contributed by atoms with E-state index < -0.39 is 0 Å². The SMILES string of the molecule is C1=CC(c2ccccc2-c2ccccc2)c2cccc3cccc1c23. The third kappa shape index (κ3) is 2.30. The topological polar surface area (TPSA) is 0 Å². The van der Waals surface area contributed by atoms with E-state index in [1.807, 2.05) is 0 Å². The maximum absolute atomic E-state index is 2.35. The highest BCUT2D eigenvalue weighted by Crippen LogP contribution is 2.41. The highest BCUT2D eigenvalue weighted by molar-refractivity contribution is 5.96. The normalized spacial score (nSPS) is 15.4. The monoisotopic (exact) mass is 318 g/mol. The predicted molar refractivity (Wildman–Crippen MR) is 107 cm³/mol. The Hall–Kier alpha value is -3.12. The van der Waals surface area contributed by atoms with Crippen LogP contribution in [0.3, 0.4) is 0 Å². The maximum atomic E-state index is 2.35. The van der Waals surface area contributed by atoms with Gasteiger partial charge < -0.3 is 0 Å². The number of rotatable bonds is 2. The number of allylic oxidation sites excluding steroid dienone is 1. The first-order valence-corrected chi connectivity index (χ1v) is 8.76. The van der Waals surface area contributed by atoms with Gasteiger partial charge in [0.2, 0.25) is 0 Å². The number of benzene rings is 4. The fraction of sp³-hybridized carbons (Fsp3) is 0.0400. The molecule has 0 bridgehead atoms. The van der Waals surface area contributed by atoms with Gasteiger partial charge in [-0.15, -0.1) is 0 Å². The fourth-order valence-electron chi connectivity index (χ4n) is 4.02. The minimum atomic E-state index is 0.287. The summed E-state index contributed by atoms with van der Waals surface area (Å²) >= 11 is 0. The van der Waals surface area contributed by atoms with Crippen molar-refractivity contribution in [2.24, 2.45) is 0 Å². The quantitative estimate of drug-likeness (QED) is 0.387. The van der Waals surface area contributed by atoms with Gasteiger partial charge in [-0.3, -0.25) is 0 Å². The van der Waals surface area contributed by atoms with Gasteiger partial charge in [-0.25, -0.2) is 0 Å². The van der Waals surface area contributed by atoms with Crippen molar-refractivity contribution in [3.8, 4) is 11.1 Å². The summed E-state index contributed by atoms with van der Waals surface area (Å²) in [6, 6.07) is 32.7. The molecule has 1 atom stereocenters. The first-order valence-electron chi connectivity index (χ1n) is 8.76. The Labute approximate surface area is 148 Å². The van der Waals surface area contributed by atoms with Crippen LogP contribution >= 0.6 is 0 Å². The molecule has 118 valence electrons. The van der Waals surface area contributed by atoms with E-state index in [0.717, 1.165) is 0 Å². The zero-order valence-corrected chi connectivity index (χ0v) is 13.9. The summed E-state index contributed by atoms with van der Waals surface area (Å²) in [6.45, 7) is 0. The minimum absolute atomic E-state index is 0.287. The molecule has 5 rings (SSSR count). The van der Waals surface area contributed by atoms with E-state index in [4.69, 9.17) is 0 Å². The van der Waals surface area contributed by atoms with Crippen molar-refractivity contribution in [2.45, 2.75) is 5.92 Å². The van der Waals surface area contributed by atoms with Crippen LogP contribution < -0.4 is 0 Å². The van der Waals surface area contributed by atoms with Gasteiger partial charge in [0.1, 0.15) is 0 Å². The largest absolute Gasteiger partial charge is 0.0720 e. The lowest BCUT2D eigenvalue weighted by atomic mass is 9.80.